The summed E-state index contributed by atoms with van der Waals surface area (Å²) in [6.45, 7) is 14.5. The van der Waals surface area contributed by atoms with Crippen LogP contribution in [0.4, 0.5) is 0 Å². The van der Waals surface area contributed by atoms with Crippen molar-refractivity contribution in [3.05, 3.63) is 41.0 Å². The highest BCUT2D eigenvalue weighted by Gasteiger charge is 2.18. The molecule has 0 saturated heterocycles. The average molecular weight is 414 g/mol. The van der Waals surface area contributed by atoms with Gasteiger partial charge >= 0.3 is 0 Å². The van der Waals surface area contributed by atoms with Crippen molar-refractivity contribution in [2.24, 2.45) is 0 Å². The van der Waals surface area contributed by atoms with E-state index < -0.39 is 0 Å². The summed E-state index contributed by atoms with van der Waals surface area (Å²) in [6, 6.07) is 9.07. The number of thioether (sulfide) groups is 1. The highest BCUT2D eigenvalue weighted by Crippen LogP contribution is 2.42. The summed E-state index contributed by atoms with van der Waals surface area (Å²) in [6.07, 6.45) is 2.75. The first-order valence-corrected chi connectivity index (χ1v) is 12.1. The third-order valence-corrected chi connectivity index (χ3v) is 7.47. The molecule has 0 aliphatic heterocycles. The SMILES string of the molecule is CCc1sc2ncnc(SCCN(CC)CC)c2c1-c1ccc(C(C)C)cc1. The lowest BCUT2D eigenvalue weighted by Gasteiger charge is -2.17. The van der Waals surface area contributed by atoms with Gasteiger partial charge in [-0.3, -0.25) is 0 Å². The molecule has 150 valence electrons. The Morgan fingerprint density at radius 2 is 1.75 bits per heavy atom. The molecule has 0 saturated carbocycles. The molecule has 2 heterocycles. The summed E-state index contributed by atoms with van der Waals surface area (Å²) in [4.78, 5) is 14.2. The number of benzene rings is 1. The first-order chi connectivity index (χ1) is 13.6. The third kappa shape index (κ3) is 4.58. The molecule has 0 spiro atoms. The van der Waals surface area contributed by atoms with Crippen LogP contribution in [-0.4, -0.2) is 40.3 Å². The molecule has 0 aliphatic rings. The first-order valence-electron chi connectivity index (χ1n) is 10.3. The summed E-state index contributed by atoms with van der Waals surface area (Å²) >= 11 is 3.68. The summed E-state index contributed by atoms with van der Waals surface area (Å²) < 4.78 is 0. The molecule has 0 radical (unpaired) electrons. The molecule has 0 N–H and O–H groups in total. The predicted molar refractivity (Wildman–Crippen MR) is 125 cm³/mol. The topological polar surface area (TPSA) is 29.0 Å². The number of rotatable bonds is 9. The Morgan fingerprint density at radius 1 is 1.04 bits per heavy atom. The van der Waals surface area contributed by atoms with Crippen molar-refractivity contribution in [2.45, 2.75) is 52.0 Å². The van der Waals surface area contributed by atoms with Crippen LogP contribution in [0, 0.1) is 0 Å². The fraction of sp³-hybridized carbons (Fsp3) is 0.478. The molecule has 3 aromatic rings. The molecule has 2 aromatic heterocycles. The number of aryl methyl sites for hydroxylation is 1. The molecule has 1 aromatic carbocycles. The molecule has 0 atom stereocenters. The normalized spacial score (nSPS) is 11.8. The molecule has 5 heteroatoms. The third-order valence-electron chi connectivity index (χ3n) is 5.25. The maximum absolute atomic E-state index is 4.67. The molecular formula is C23H31N3S2. The minimum Gasteiger partial charge on any atom is -0.303 e. The Kier molecular flexibility index (Phi) is 7.49. The summed E-state index contributed by atoms with van der Waals surface area (Å²) in [7, 11) is 0. The Bertz CT molecular complexity index is 896. The minimum absolute atomic E-state index is 0.549. The van der Waals surface area contributed by atoms with Crippen molar-refractivity contribution in [1.82, 2.24) is 14.9 Å². The number of thiophene rings is 1. The van der Waals surface area contributed by atoms with Crippen molar-refractivity contribution < 1.29 is 0 Å². The van der Waals surface area contributed by atoms with Crippen LogP contribution >= 0.6 is 23.1 Å². The zero-order valence-corrected chi connectivity index (χ0v) is 19.3. The molecule has 0 unspecified atom stereocenters. The van der Waals surface area contributed by atoms with Crippen LogP contribution in [0.2, 0.25) is 0 Å². The number of fused-ring (bicyclic) bond motifs is 1. The molecule has 0 fully saturated rings. The van der Waals surface area contributed by atoms with Gasteiger partial charge < -0.3 is 4.90 Å². The zero-order chi connectivity index (χ0) is 20.1. The van der Waals surface area contributed by atoms with E-state index in [9.17, 15) is 0 Å². The van der Waals surface area contributed by atoms with Gasteiger partial charge in [-0.2, -0.15) is 0 Å². The van der Waals surface area contributed by atoms with Gasteiger partial charge in [0, 0.05) is 22.7 Å². The molecule has 0 aliphatic carbocycles. The van der Waals surface area contributed by atoms with Crippen LogP contribution in [0.25, 0.3) is 21.3 Å². The first kappa shape index (κ1) is 21.3. The van der Waals surface area contributed by atoms with Gasteiger partial charge in [0.05, 0.1) is 5.39 Å². The molecule has 0 amide bonds. The van der Waals surface area contributed by atoms with Crippen LogP contribution in [0.1, 0.15) is 51.0 Å². The number of nitrogens with zero attached hydrogens (tertiary/aromatic N) is 3. The van der Waals surface area contributed by atoms with Crippen LogP contribution in [0.5, 0.6) is 0 Å². The van der Waals surface area contributed by atoms with E-state index in [1.54, 1.807) is 6.33 Å². The number of hydrogen-bond donors (Lipinski definition) is 0. The van der Waals surface area contributed by atoms with E-state index in [4.69, 9.17) is 0 Å². The van der Waals surface area contributed by atoms with Crippen molar-refractivity contribution in [3.63, 3.8) is 0 Å². The van der Waals surface area contributed by atoms with Gasteiger partial charge in [0.25, 0.3) is 0 Å². The molecule has 3 nitrogen and oxygen atoms in total. The fourth-order valence-electron chi connectivity index (χ4n) is 3.46. The Hall–Kier alpha value is -1.43. The monoisotopic (exact) mass is 413 g/mol. The maximum atomic E-state index is 4.67. The molecular weight excluding hydrogens is 382 g/mol. The molecule has 28 heavy (non-hydrogen) atoms. The second-order valence-electron chi connectivity index (χ2n) is 7.26. The molecule has 0 bridgehead atoms. The Morgan fingerprint density at radius 3 is 2.36 bits per heavy atom. The Labute approximate surface area is 177 Å². The van der Waals surface area contributed by atoms with Crippen LogP contribution in [-0.2, 0) is 6.42 Å². The van der Waals surface area contributed by atoms with Crippen molar-refractivity contribution in [3.8, 4) is 11.1 Å². The highest BCUT2D eigenvalue weighted by molar-refractivity contribution is 7.99. The second-order valence-corrected chi connectivity index (χ2v) is 9.43. The highest BCUT2D eigenvalue weighted by atomic mass is 32.2. The summed E-state index contributed by atoms with van der Waals surface area (Å²) in [5, 5.41) is 2.36. The lowest BCUT2D eigenvalue weighted by molar-refractivity contribution is 0.324. The zero-order valence-electron chi connectivity index (χ0n) is 17.7. The lowest BCUT2D eigenvalue weighted by atomic mass is 9.97. The largest absolute Gasteiger partial charge is 0.303 e. The van der Waals surface area contributed by atoms with Crippen molar-refractivity contribution >= 4 is 33.3 Å². The van der Waals surface area contributed by atoms with Crippen LogP contribution in [0.3, 0.4) is 0 Å². The van der Waals surface area contributed by atoms with E-state index >= 15 is 0 Å². The van der Waals surface area contributed by atoms with Gasteiger partial charge in [-0.15, -0.1) is 23.1 Å². The summed E-state index contributed by atoms with van der Waals surface area (Å²) in [5.74, 6) is 1.60. The Balaban J connectivity index is 1.99. The number of aromatic nitrogens is 2. The second kappa shape index (κ2) is 9.86. The van der Waals surface area contributed by atoms with Gasteiger partial charge in [-0.1, -0.05) is 58.9 Å². The predicted octanol–water partition coefficient (Wildman–Crippen LogP) is 6.48. The minimum atomic E-state index is 0.549. The van der Waals surface area contributed by atoms with Gasteiger partial charge in [0.2, 0.25) is 0 Å². The van der Waals surface area contributed by atoms with E-state index in [0.717, 1.165) is 41.7 Å². The summed E-state index contributed by atoms with van der Waals surface area (Å²) in [5.41, 5.74) is 4.00. The smallest absolute Gasteiger partial charge is 0.128 e. The van der Waals surface area contributed by atoms with Crippen molar-refractivity contribution in [1.29, 1.82) is 0 Å². The van der Waals surface area contributed by atoms with E-state index in [1.165, 1.54) is 27.0 Å². The average Bonchev–Trinajstić information content (AvgIpc) is 3.10. The fourth-order valence-corrected chi connectivity index (χ4v) is 5.63. The quantitative estimate of drug-likeness (QED) is 0.297. The van der Waals surface area contributed by atoms with Gasteiger partial charge in [-0.25, -0.2) is 9.97 Å². The van der Waals surface area contributed by atoms with Gasteiger partial charge in [0.1, 0.15) is 16.2 Å². The standard InChI is InChI=1S/C23H31N3S2/c1-6-19-20(18-11-9-17(10-12-18)16(4)5)21-22(24-15-25-23(21)28-19)27-14-13-26(7-2)8-3/h9-12,15-16H,6-8,13-14H2,1-5H3. The van der Waals surface area contributed by atoms with Gasteiger partial charge in [-0.05, 0) is 36.6 Å². The van der Waals surface area contributed by atoms with E-state index in [-0.39, 0.29) is 0 Å². The van der Waals surface area contributed by atoms with E-state index in [2.05, 4.69) is 73.8 Å². The van der Waals surface area contributed by atoms with Crippen LogP contribution < -0.4 is 0 Å². The maximum Gasteiger partial charge on any atom is 0.128 e. The van der Waals surface area contributed by atoms with E-state index in [0.29, 0.717) is 5.92 Å². The molecule has 3 rings (SSSR count). The number of hydrogen-bond acceptors (Lipinski definition) is 5. The lowest BCUT2D eigenvalue weighted by Crippen LogP contribution is -2.25. The van der Waals surface area contributed by atoms with Crippen LogP contribution in [0.15, 0.2) is 35.6 Å². The van der Waals surface area contributed by atoms with Crippen molar-refractivity contribution in [2.75, 3.05) is 25.4 Å². The van der Waals surface area contributed by atoms with E-state index in [1.807, 2.05) is 23.1 Å². The van der Waals surface area contributed by atoms with Gasteiger partial charge in [0.15, 0.2) is 0 Å².